The van der Waals surface area contributed by atoms with E-state index in [0.29, 0.717) is 6.04 Å². The van der Waals surface area contributed by atoms with Crippen LogP contribution in [0.4, 0.5) is 0 Å². The van der Waals surface area contributed by atoms with Crippen molar-refractivity contribution in [2.24, 2.45) is 0 Å². The molecule has 0 amide bonds. The maximum absolute atomic E-state index is 3.35. The van der Waals surface area contributed by atoms with Gasteiger partial charge in [-0.2, -0.15) is 0 Å². The first-order valence-electron chi connectivity index (χ1n) is 5.54. The summed E-state index contributed by atoms with van der Waals surface area (Å²) in [6, 6.07) is 0.713. The van der Waals surface area contributed by atoms with Crippen LogP contribution in [0.5, 0.6) is 0 Å². The highest BCUT2D eigenvalue weighted by Crippen LogP contribution is 1.92. The van der Waals surface area contributed by atoms with Gasteiger partial charge in [0.2, 0.25) is 0 Å². The average molecular weight is 175 g/mol. The fourth-order valence-corrected chi connectivity index (χ4v) is 0.884. The van der Waals surface area contributed by atoms with Crippen LogP contribution in [0.25, 0.3) is 0 Å². The molecule has 0 aliphatic carbocycles. The van der Waals surface area contributed by atoms with Gasteiger partial charge < -0.3 is 5.32 Å². The van der Waals surface area contributed by atoms with Crippen molar-refractivity contribution in [1.29, 1.82) is 0 Å². The summed E-state index contributed by atoms with van der Waals surface area (Å²) in [5.74, 6) is 0. The lowest BCUT2D eigenvalue weighted by Gasteiger charge is -2.08. The molecule has 78 valence electrons. The van der Waals surface area contributed by atoms with E-state index < -0.39 is 0 Å². The van der Waals surface area contributed by atoms with Crippen molar-refractivity contribution < 1.29 is 0 Å². The molecule has 1 N–H and O–H groups in total. The first-order valence-corrected chi connectivity index (χ1v) is 5.54. The van der Waals surface area contributed by atoms with Crippen molar-refractivity contribution in [2.45, 2.75) is 67.3 Å². The van der Waals surface area contributed by atoms with Gasteiger partial charge in [0.1, 0.15) is 0 Å². The molecule has 1 atom stereocenters. The fraction of sp³-hybridized carbons (Fsp3) is 1.00. The minimum atomic E-state index is 0.713. The van der Waals surface area contributed by atoms with Crippen LogP contribution < -0.4 is 5.32 Å². The van der Waals surface area contributed by atoms with E-state index >= 15 is 0 Å². The molecule has 0 aromatic carbocycles. The van der Waals surface area contributed by atoms with Crippen molar-refractivity contribution >= 4 is 0 Å². The fourth-order valence-electron chi connectivity index (χ4n) is 0.884. The maximum atomic E-state index is 3.35. The maximum Gasteiger partial charge on any atom is 0.00385 e. The molecule has 0 radical (unpaired) electrons. The molecule has 0 bridgehead atoms. The lowest BCUT2D eigenvalue weighted by molar-refractivity contribution is 0.524. The van der Waals surface area contributed by atoms with Crippen LogP contribution in [-0.4, -0.2) is 12.6 Å². The van der Waals surface area contributed by atoms with E-state index in [1.54, 1.807) is 0 Å². The zero-order valence-electron chi connectivity index (χ0n) is 10.2. The van der Waals surface area contributed by atoms with E-state index in [2.05, 4.69) is 26.1 Å². The third-order valence-electron chi connectivity index (χ3n) is 1.27. The third-order valence-corrected chi connectivity index (χ3v) is 1.27. The van der Waals surface area contributed by atoms with E-state index in [1.807, 2.05) is 27.7 Å². The van der Waals surface area contributed by atoms with Gasteiger partial charge in [0.25, 0.3) is 0 Å². The third kappa shape index (κ3) is 22.5. The van der Waals surface area contributed by atoms with E-state index in [1.165, 1.54) is 12.8 Å². The molecule has 0 saturated heterocycles. The van der Waals surface area contributed by atoms with Crippen LogP contribution in [0.1, 0.15) is 61.3 Å². The quantitative estimate of drug-likeness (QED) is 0.684. The normalized spacial score (nSPS) is 10.2. The van der Waals surface area contributed by atoms with E-state index in [9.17, 15) is 0 Å². The molecule has 1 unspecified atom stereocenters. The SMILES string of the molecule is CC.CC.CCCC(C)NCC. The predicted octanol–water partition coefficient (Wildman–Crippen LogP) is 3.84. The van der Waals surface area contributed by atoms with Crippen LogP contribution in [0.2, 0.25) is 0 Å². The van der Waals surface area contributed by atoms with E-state index in [-0.39, 0.29) is 0 Å². The van der Waals surface area contributed by atoms with Crippen molar-refractivity contribution in [3.05, 3.63) is 0 Å². The molecule has 1 heteroatoms. The van der Waals surface area contributed by atoms with Gasteiger partial charge in [0.05, 0.1) is 0 Å². The largest absolute Gasteiger partial charge is 0.315 e. The summed E-state index contributed by atoms with van der Waals surface area (Å²) in [4.78, 5) is 0. The van der Waals surface area contributed by atoms with Gasteiger partial charge in [-0.3, -0.25) is 0 Å². The second kappa shape index (κ2) is 22.4. The Morgan fingerprint density at radius 3 is 1.67 bits per heavy atom. The van der Waals surface area contributed by atoms with Gasteiger partial charge in [0, 0.05) is 6.04 Å². The molecule has 1 nitrogen and oxygen atoms in total. The minimum absolute atomic E-state index is 0.713. The Morgan fingerprint density at radius 2 is 1.42 bits per heavy atom. The lowest BCUT2D eigenvalue weighted by Crippen LogP contribution is -2.24. The van der Waals surface area contributed by atoms with Gasteiger partial charge in [-0.1, -0.05) is 48.0 Å². The first kappa shape index (κ1) is 17.9. The smallest absolute Gasteiger partial charge is 0.00385 e. The summed E-state index contributed by atoms with van der Waals surface area (Å²) in [6.45, 7) is 15.7. The standard InChI is InChI=1S/C7H17N.2C2H6/c1-4-6-7(3)8-5-2;2*1-2/h7-8H,4-6H2,1-3H3;2*1-2H3. The summed E-state index contributed by atoms with van der Waals surface area (Å²) >= 11 is 0. The monoisotopic (exact) mass is 175 g/mol. The van der Waals surface area contributed by atoms with Crippen molar-refractivity contribution in [2.75, 3.05) is 6.54 Å². The Morgan fingerprint density at radius 1 is 1.00 bits per heavy atom. The highest BCUT2D eigenvalue weighted by Gasteiger charge is 1.93. The van der Waals surface area contributed by atoms with Crippen LogP contribution in [0.3, 0.4) is 0 Å². The molecule has 12 heavy (non-hydrogen) atoms. The molecular formula is C11H29N. The molecule has 0 spiro atoms. The molecule has 0 fully saturated rings. The molecule has 0 aliphatic heterocycles. The number of nitrogens with one attached hydrogen (secondary N) is 1. The summed E-state index contributed by atoms with van der Waals surface area (Å²) < 4.78 is 0. The van der Waals surface area contributed by atoms with E-state index in [0.717, 1.165) is 6.54 Å². The topological polar surface area (TPSA) is 12.0 Å². The Labute approximate surface area is 80.0 Å². The molecule has 0 heterocycles. The summed E-state index contributed by atoms with van der Waals surface area (Å²) in [6.07, 6.45) is 2.59. The zero-order valence-corrected chi connectivity index (χ0v) is 10.2. The van der Waals surface area contributed by atoms with Crippen LogP contribution >= 0.6 is 0 Å². The first-order chi connectivity index (χ1) is 5.81. The Kier molecular flexibility index (Phi) is 33.5. The molecule has 0 aromatic heterocycles. The van der Waals surface area contributed by atoms with Crippen LogP contribution in [0.15, 0.2) is 0 Å². The second-order valence-electron chi connectivity index (χ2n) is 2.25. The van der Waals surface area contributed by atoms with Gasteiger partial charge in [-0.25, -0.2) is 0 Å². The van der Waals surface area contributed by atoms with Gasteiger partial charge in [0.15, 0.2) is 0 Å². The molecule has 0 aromatic rings. The van der Waals surface area contributed by atoms with Gasteiger partial charge in [-0.15, -0.1) is 0 Å². The predicted molar refractivity (Wildman–Crippen MR) is 60.7 cm³/mol. The molecule has 0 rings (SSSR count). The number of hydrogen-bond donors (Lipinski definition) is 1. The van der Waals surface area contributed by atoms with Crippen LogP contribution in [-0.2, 0) is 0 Å². The highest BCUT2D eigenvalue weighted by molar-refractivity contribution is 4.55. The number of rotatable bonds is 4. The molecule has 0 aliphatic rings. The zero-order chi connectivity index (χ0) is 10.4. The Bertz CT molecular complexity index is 38.3. The summed E-state index contributed by atoms with van der Waals surface area (Å²) in [5.41, 5.74) is 0. The summed E-state index contributed by atoms with van der Waals surface area (Å²) in [5, 5.41) is 3.35. The van der Waals surface area contributed by atoms with Gasteiger partial charge in [-0.05, 0) is 19.9 Å². The molecular weight excluding hydrogens is 146 g/mol. The Hall–Kier alpha value is -0.0400. The van der Waals surface area contributed by atoms with Crippen molar-refractivity contribution in [3.8, 4) is 0 Å². The average Bonchev–Trinajstić information content (AvgIpc) is 2.12. The molecule has 0 saturated carbocycles. The summed E-state index contributed by atoms with van der Waals surface area (Å²) in [7, 11) is 0. The van der Waals surface area contributed by atoms with Gasteiger partial charge >= 0.3 is 0 Å². The Balaban J connectivity index is -0.000000175. The van der Waals surface area contributed by atoms with Crippen molar-refractivity contribution in [3.63, 3.8) is 0 Å². The minimum Gasteiger partial charge on any atom is -0.315 e. The van der Waals surface area contributed by atoms with Crippen LogP contribution in [0, 0.1) is 0 Å². The second-order valence-corrected chi connectivity index (χ2v) is 2.25. The van der Waals surface area contributed by atoms with Crippen molar-refractivity contribution in [1.82, 2.24) is 5.32 Å². The number of hydrogen-bond acceptors (Lipinski definition) is 1. The van der Waals surface area contributed by atoms with E-state index in [4.69, 9.17) is 0 Å². The highest BCUT2D eigenvalue weighted by atomic mass is 14.9. The lowest BCUT2D eigenvalue weighted by atomic mass is 10.2.